The van der Waals surface area contributed by atoms with Crippen LogP contribution in [-0.2, 0) is 916 Å². The largest absolute Gasteiger partial charge is 3.00 e. The maximum atomic E-state index is 4.06. The van der Waals surface area contributed by atoms with Crippen LogP contribution < -0.4 is 0 Å². The second-order valence-electron chi connectivity index (χ2n) is 3.54. The molecule has 0 aromatic rings. The van der Waals surface area contributed by atoms with E-state index in [0.29, 0.717) is 11.8 Å². The summed E-state index contributed by atoms with van der Waals surface area (Å²) in [5.41, 5.74) is 0.000000000000000222. The van der Waals surface area contributed by atoms with Gasteiger partial charge in [-0.2, -0.15) is 0 Å². The van der Waals surface area contributed by atoms with Gasteiger partial charge < -0.3 is 88.1 Å². The number of hydrogen-bond donors (Lipinski definition) is 0. The topological polar surface area (TPSA) is 0 Å². The van der Waals surface area contributed by atoms with E-state index in [-0.39, 0.29) is 996 Å². The molecule has 0 aliphatic carbocycles. The quantitative estimate of drug-likeness (QED) is 0.242. The molecule has 0 aromatic carbocycles. The van der Waals surface area contributed by atoms with E-state index in [4.69, 9.17) is 0 Å². The molecule has 0 heterocycles. The molecule has 0 aromatic heterocycles. The Kier molecular flexibility index (Phi) is 2230. The van der Waals surface area contributed by atoms with Crippen LogP contribution in [0.1, 0.15) is 111 Å². The summed E-state index contributed by atoms with van der Waals surface area (Å²) < 4.78 is 0. The van der Waals surface area contributed by atoms with Crippen LogP contribution in [0.5, 0.6) is 0 Å². The monoisotopic (exact) mass is 2950 g/mol. The van der Waals surface area contributed by atoms with Crippen molar-refractivity contribution in [1.29, 1.82) is 0 Å². The summed E-state index contributed by atoms with van der Waals surface area (Å²) in [6.45, 7) is 40.8. The van der Waals surface area contributed by atoms with E-state index in [1.807, 2.05) is 83.1 Å². The van der Waals surface area contributed by atoms with Crippen molar-refractivity contribution in [3.05, 3.63) is 88.1 Å². The zero-order chi connectivity index (χ0) is 19.7. The minimum Gasteiger partial charge on any atom is -0.366 e. The predicted molar refractivity (Wildman–Crippen MR) is 175 cm³/mol. The normalized spacial score (nSPS) is 2.64. The van der Waals surface area contributed by atoms with Crippen molar-refractivity contribution in [2.75, 3.05) is 0 Å². The van der Waals surface area contributed by atoms with E-state index >= 15 is 0 Å². The fraction of sp³-hybridized carbons (Fsp3) is 0.613. The minimum atomic E-state index is 0. The smallest absolute Gasteiger partial charge is 0.366 e. The first-order valence-corrected chi connectivity index (χ1v) is 9.59. The van der Waals surface area contributed by atoms with E-state index in [9.17, 15) is 0 Å². The van der Waals surface area contributed by atoms with E-state index in [1.165, 1.54) is 0 Å². The van der Waals surface area contributed by atoms with Crippen LogP contribution in [0, 0.1) is 105 Å². The molecule has 0 aliphatic rings. The Labute approximate surface area is 1090 Å². The molecule has 0 spiro atoms. The molecule has 0 aliphatic heterocycles. The van der Waals surface area contributed by atoms with E-state index < -0.39 is 0 Å². The third-order valence-electron chi connectivity index (χ3n) is 2.30. The van der Waals surface area contributed by atoms with Crippen molar-refractivity contribution in [2.24, 2.45) is 17.3 Å². The summed E-state index contributed by atoms with van der Waals surface area (Å²) in [6.07, 6.45) is 0. The molecule has 26 radical (unpaired) electrons. The fourth-order valence-corrected chi connectivity index (χ4v) is 0.667. The summed E-state index contributed by atoms with van der Waals surface area (Å²) in [4.78, 5) is 0. The second kappa shape index (κ2) is 373. The summed E-state index contributed by atoms with van der Waals surface area (Å²) in [7, 11) is 0. The van der Waals surface area contributed by atoms with Gasteiger partial charge in [-0.1, -0.05) is 123 Å². The summed E-state index contributed by atoms with van der Waals surface area (Å²) in [5.74, 6) is 1.13. The van der Waals surface area contributed by atoms with Crippen LogP contribution in [0.25, 0.3) is 0 Å². The zero-order valence-electron chi connectivity index (χ0n) is 45.2. The summed E-state index contributed by atoms with van der Waals surface area (Å²) in [6, 6.07) is 0. The van der Waals surface area contributed by atoms with Crippen molar-refractivity contribution in [3.8, 4) is 0 Å². The molecule has 0 atom stereocenters. The Morgan fingerprint density at radius 3 is 0.237 bits per heavy atom. The SMILES string of the molecule is CC.CC.CC.CC.CC.CC.[CH2-]C([CH2-])(C(C)C)C(C)C.[CH3-].[CH3-].[CH3-].[CH3-].[CH3-].[CH3-].[CH3-].[CH3-].[CH3-].[CH3-].[Y+3].[Y+3].[Y].[Y].[Y].[Y].[Y].[Y].[Y].[Y].[Y].[Y].[Y].[Y].[Y].[Y].[Y].[Y].[Y].[Y].[Y].[Y].[Y].[Y].[Y].[Y].[Y].[Y]. The maximum Gasteiger partial charge on any atom is 3.00 e. The molecule has 0 rings (SSSR count). The summed E-state index contributed by atoms with van der Waals surface area (Å²) >= 11 is 0. The van der Waals surface area contributed by atoms with Crippen LogP contribution in [-0.4, -0.2) is 0 Å². The number of hydrogen-bond acceptors (Lipinski definition) is 0. The van der Waals surface area contributed by atoms with Crippen molar-refractivity contribution in [3.63, 3.8) is 0 Å². The molecule has 298 valence electrons. The van der Waals surface area contributed by atoms with Gasteiger partial charge in [-0.05, 0) is 0 Å². The molecule has 0 saturated heterocycles. The molecule has 0 nitrogen and oxygen atoms in total. The minimum absolute atomic E-state index is 0. The van der Waals surface area contributed by atoms with Gasteiger partial charge in [0.15, 0.2) is 0 Å². The molecule has 0 amide bonds. The third-order valence-corrected chi connectivity index (χ3v) is 2.30. The van der Waals surface area contributed by atoms with Crippen LogP contribution in [0.15, 0.2) is 0 Å². The predicted octanol–water partition coefficient (Wildman–Crippen LogP) is 13.5. The van der Waals surface area contributed by atoms with Gasteiger partial charge in [-0.25, -0.2) is 0 Å². The molecule has 0 bridgehead atoms. The van der Waals surface area contributed by atoms with Gasteiger partial charge in [0.1, 0.15) is 0 Å². The van der Waals surface area contributed by atoms with Gasteiger partial charge in [-0.3, -0.25) is 5.41 Å². The van der Waals surface area contributed by atoms with E-state index in [0.717, 1.165) is 0 Å². The van der Waals surface area contributed by atoms with Gasteiger partial charge in [0.05, 0.1) is 0 Å². The second-order valence-corrected chi connectivity index (χ2v) is 3.54. The van der Waals surface area contributed by atoms with Gasteiger partial charge in [0, 0.05) is 850 Å². The molecule has 0 N–H and O–H groups in total. The first-order valence-electron chi connectivity index (χ1n) is 9.59. The maximum absolute atomic E-state index is 4.06. The Balaban J connectivity index is -0.000000000864. The molecule has 28 heteroatoms. The molecule has 59 heavy (non-hydrogen) atoms. The standard InChI is InChI=1S/C9H18.6C2H6.10CH3.28Y/c1-7(2)9(5,6)8(3)4;6*1-2;;;;;;;;;;;;;;;;;;;;;;;;;;;;;;;;;;;;;;/h7-8H,5-6H2,1-4H3;6*1-2H3;10*1H3;;;;;;;;;;;;;;;;;;;;;;;;;;;;/q-2;;;;;;;10*-1;;;;;;;;;;;;;;;;;;;;;;;;;;;2*+3. The van der Waals surface area contributed by atoms with Crippen molar-refractivity contribution in [1.82, 2.24) is 0 Å². The van der Waals surface area contributed by atoms with Crippen molar-refractivity contribution in [2.45, 2.75) is 111 Å². The Morgan fingerprint density at radius 1 is 0.203 bits per heavy atom. The Morgan fingerprint density at radius 2 is 0.237 bits per heavy atom. The Bertz CT molecular complexity index is 127. The van der Waals surface area contributed by atoms with Gasteiger partial charge in [-0.15, -0.1) is 0 Å². The first kappa shape index (κ1) is 352. The molecule has 0 fully saturated rings. The fourth-order valence-electron chi connectivity index (χ4n) is 0.667. The average Bonchev–Trinajstić information content (AvgIpc) is 2.58. The molecular weight excluding hydrogens is 2860 g/mol. The number of rotatable bonds is 2. The van der Waals surface area contributed by atoms with Crippen molar-refractivity contribution >= 4 is 0 Å². The van der Waals surface area contributed by atoms with Crippen LogP contribution >= 0.6 is 0 Å². The van der Waals surface area contributed by atoms with Crippen LogP contribution in [0.4, 0.5) is 0 Å². The van der Waals surface area contributed by atoms with Crippen LogP contribution in [0.2, 0.25) is 0 Å². The van der Waals surface area contributed by atoms with E-state index in [2.05, 4.69) is 41.5 Å². The molecule has 0 unspecified atom stereocenters. The van der Waals surface area contributed by atoms with Gasteiger partial charge in [0.25, 0.3) is 0 Å². The zero-order valence-corrected chi connectivity index (χ0v) is 125. The average molecular weight is 2950 g/mol. The third kappa shape index (κ3) is 365. The molecule has 0 saturated carbocycles. The first-order chi connectivity index (χ1) is 9.89. The van der Waals surface area contributed by atoms with E-state index in [1.54, 1.807) is 0 Å². The molecular formula is C31H84Y28-6. The Hall–Kier alpha value is 30.9. The summed E-state index contributed by atoms with van der Waals surface area (Å²) in [5, 5.41) is 0. The van der Waals surface area contributed by atoms with Crippen molar-refractivity contribution < 1.29 is 916 Å². The van der Waals surface area contributed by atoms with Crippen LogP contribution in [0.3, 0.4) is 0 Å². The van der Waals surface area contributed by atoms with Gasteiger partial charge in [0.2, 0.25) is 0 Å². The van der Waals surface area contributed by atoms with Gasteiger partial charge >= 0.3 is 65.4 Å².